The van der Waals surface area contributed by atoms with Gasteiger partial charge in [0.1, 0.15) is 0 Å². The molecular weight excluding hydrogens is 302 g/mol. The molecule has 1 aliphatic heterocycles. The molecule has 0 saturated carbocycles. The van der Waals surface area contributed by atoms with E-state index in [4.69, 9.17) is 0 Å². The molecule has 1 saturated heterocycles. The van der Waals surface area contributed by atoms with Crippen LogP contribution in [0, 0.1) is 5.92 Å². The lowest BCUT2D eigenvalue weighted by atomic mass is 9.96. The van der Waals surface area contributed by atoms with Crippen molar-refractivity contribution in [1.82, 2.24) is 15.2 Å². The Balaban J connectivity index is 1.78. The van der Waals surface area contributed by atoms with Crippen LogP contribution in [0.15, 0.2) is 36.7 Å². The summed E-state index contributed by atoms with van der Waals surface area (Å²) in [7, 11) is 0. The maximum atomic E-state index is 13.0. The summed E-state index contributed by atoms with van der Waals surface area (Å²) in [6.45, 7) is 3.90. The maximum absolute atomic E-state index is 13.0. The zero-order valence-electron chi connectivity index (χ0n) is 14.0. The van der Waals surface area contributed by atoms with E-state index in [2.05, 4.69) is 10.3 Å². The normalized spacial score (nSPS) is 17.7. The Labute approximate surface area is 142 Å². The average Bonchev–Trinajstić information content (AvgIpc) is 2.65. The number of piperidine rings is 1. The summed E-state index contributed by atoms with van der Waals surface area (Å²) < 4.78 is 0. The standard InChI is InChI=1S/C19H23N3O2/c1-2-9-21-18(23)15-7-5-10-22(13-15)19(24)17-12-20-11-14-6-3-4-8-16(14)17/h3-4,6,8,11-12,15H,2,5,7,9-10,13H2,1H3,(H,21,23). The molecule has 5 nitrogen and oxygen atoms in total. The highest BCUT2D eigenvalue weighted by Crippen LogP contribution is 2.22. The van der Waals surface area contributed by atoms with Gasteiger partial charge in [-0.1, -0.05) is 31.2 Å². The van der Waals surface area contributed by atoms with Crippen LogP contribution in [0.2, 0.25) is 0 Å². The van der Waals surface area contributed by atoms with Crippen molar-refractivity contribution >= 4 is 22.6 Å². The lowest BCUT2D eigenvalue weighted by Gasteiger charge is -2.32. The minimum atomic E-state index is -0.114. The first kappa shape index (κ1) is 16.4. The molecule has 2 aromatic rings. The van der Waals surface area contributed by atoms with E-state index in [0.29, 0.717) is 25.2 Å². The number of nitrogens with one attached hydrogen (secondary N) is 1. The van der Waals surface area contributed by atoms with E-state index in [-0.39, 0.29) is 17.7 Å². The largest absolute Gasteiger partial charge is 0.356 e. The second kappa shape index (κ2) is 7.43. The summed E-state index contributed by atoms with van der Waals surface area (Å²) in [5.74, 6) is -0.0881. The van der Waals surface area contributed by atoms with Gasteiger partial charge in [0.05, 0.1) is 11.5 Å². The molecule has 2 amide bonds. The van der Waals surface area contributed by atoms with E-state index in [9.17, 15) is 9.59 Å². The zero-order valence-corrected chi connectivity index (χ0v) is 14.0. The molecule has 1 atom stereocenters. The number of hydrogen-bond donors (Lipinski definition) is 1. The second-order valence-electron chi connectivity index (χ2n) is 6.29. The number of aromatic nitrogens is 1. The first-order chi connectivity index (χ1) is 11.7. The van der Waals surface area contributed by atoms with Crippen LogP contribution in [0.1, 0.15) is 36.5 Å². The Morgan fingerprint density at radius 1 is 1.29 bits per heavy atom. The molecule has 3 rings (SSSR count). The van der Waals surface area contributed by atoms with Crippen LogP contribution >= 0.6 is 0 Å². The molecule has 1 fully saturated rings. The third kappa shape index (κ3) is 3.40. The van der Waals surface area contributed by atoms with Crippen molar-refractivity contribution < 1.29 is 9.59 Å². The quantitative estimate of drug-likeness (QED) is 0.940. The third-order valence-electron chi connectivity index (χ3n) is 4.53. The molecule has 1 unspecified atom stereocenters. The number of carbonyl (C=O) groups is 2. The minimum Gasteiger partial charge on any atom is -0.356 e. The predicted octanol–water partition coefficient (Wildman–Crippen LogP) is 2.61. The maximum Gasteiger partial charge on any atom is 0.256 e. The molecule has 0 radical (unpaired) electrons. The van der Waals surface area contributed by atoms with Crippen LogP contribution in [-0.2, 0) is 4.79 Å². The molecule has 2 heterocycles. The smallest absolute Gasteiger partial charge is 0.256 e. The Hall–Kier alpha value is -2.43. The van der Waals surface area contributed by atoms with Crippen molar-refractivity contribution in [2.24, 2.45) is 5.92 Å². The summed E-state index contributed by atoms with van der Waals surface area (Å²) in [4.78, 5) is 31.2. The van der Waals surface area contributed by atoms with Crippen molar-refractivity contribution in [3.8, 4) is 0 Å². The van der Waals surface area contributed by atoms with Crippen molar-refractivity contribution in [3.63, 3.8) is 0 Å². The van der Waals surface area contributed by atoms with Gasteiger partial charge in [-0.2, -0.15) is 0 Å². The molecule has 0 aliphatic carbocycles. The molecule has 5 heteroatoms. The highest BCUT2D eigenvalue weighted by atomic mass is 16.2. The van der Waals surface area contributed by atoms with Crippen LogP contribution in [0.5, 0.6) is 0 Å². The number of pyridine rings is 1. The van der Waals surface area contributed by atoms with Crippen molar-refractivity contribution in [2.45, 2.75) is 26.2 Å². The molecule has 1 N–H and O–H groups in total. The summed E-state index contributed by atoms with van der Waals surface area (Å²) in [6.07, 6.45) is 6.01. The molecule has 1 aromatic carbocycles. The fraction of sp³-hybridized carbons (Fsp3) is 0.421. The summed E-state index contributed by atoms with van der Waals surface area (Å²) >= 11 is 0. The number of rotatable bonds is 4. The van der Waals surface area contributed by atoms with Gasteiger partial charge in [-0.25, -0.2) is 0 Å². The number of amides is 2. The third-order valence-corrected chi connectivity index (χ3v) is 4.53. The predicted molar refractivity (Wildman–Crippen MR) is 93.7 cm³/mol. The van der Waals surface area contributed by atoms with E-state index in [1.165, 1.54) is 0 Å². The molecular formula is C19H23N3O2. The number of fused-ring (bicyclic) bond motifs is 1. The van der Waals surface area contributed by atoms with E-state index >= 15 is 0 Å². The van der Waals surface area contributed by atoms with Gasteiger partial charge < -0.3 is 10.2 Å². The van der Waals surface area contributed by atoms with E-state index in [1.54, 1.807) is 17.3 Å². The van der Waals surface area contributed by atoms with Crippen molar-refractivity contribution in [1.29, 1.82) is 0 Å². The SMILES string of the molecule is CCCNC(=O)C1CCCN(C(=O)c2cncc3ccccc23)C1. The Morgan fingerprint density at radius 3 is 2.96 bits per heavy atom. The van der Waals surface area contributed by atoms with Crippen molar-refractivity contribution in [3.05, 3.63) is 42.2 Å². The van der Waals surface area contributed by atoms with Gasteiger partial charge in [0.25, 0.3) is 5.91 Å². The zero-order chi connectivity index (χ0) is 16.9. The number of nitrogens with zero attached hydrogens (tertiary/aromatic N) is 2. The van der Waals surface area contributed by atoms with E-state index in [0.717, 1.165) is 30.0 Å². The van der Waals surface area contributed by atoms with Gasteiger partial charge in [-0.05, 0) is 24.6 Å². The number of carbonyl (C=O) groups excluding carboxylic acids is 2. The monoisotopic (exact) mass is 325 g/mol. The fourth-order valence-electron chi connectivity index (χ4n) is 3.23. The molecule has 1 aromatic heterocycles. The van der Waals surface area contributed by atoms with Gasteiger partial charge in [-0.3, -0.25) is 14.6 Å². The summed E-state index contributed by atoms with van der Waals surface area (Å²) in [5, 5.41) is 4.81. The first-order valence-electron chi connectivity index (χ1n) is 8.60. The minimum absolute atomic E-state index is 0.0349. The topological polar surface area (TPSA) is 62.3 Å². The van der Waals surface area contributed by atoms with Crippen LogP contribution in [0.4, 0.5) is 0 Å². The summed E-state index contributed by atoms with van der Waals surface area (Å²) in [6, 6.07) is 7.76. The van der Waals surface area contributed by atoms with Gasteiger partial charge in [0, 0.05) is 37.4 Å². The van der Waals surface area contributed by atoms with Crippen LogP contribution in [-0.4, -0.2) is 41.3 Å². The number of hydrogen-bond acceptors (Lipinski definition) is 3. The highest BCUT2D eigenvalue weighted by Gasteiger charge is 2.29. The van der Waals surface area contributed by atoms with E-state index < -0.39 is 0 Å². The Morgan fingerprint density at radius 2 is 2.12 bits per heavy atom. The van der Waals surface area contributed by atoms with Crippen LogP contribution in [0.25, 0.3) is 10.8 Å². The van der Waals surface area contributed by atoms with Crippen molar-refractivity contribution in [2.75, 3.05) is 19.6 Å². The Kier molecular flexibility index (Phi) is 5.08. The van der Waals surface area contributed by atoms with Gasteiger partial charge in [0.2, 0.25) is 5.91 Å². The Bertz CT molecular complexity index is 739. The summed E-state index contributed by atoms with van der Waals surface area (Å²) in [5.41, 5.74) is 0.614. The van der Waals surface area contributed by atoms with Gasteiger partial charge >= 0.3 is 0 Å². The number of likely N-dealkylation sites (tertiary alicyclic amines) is 1. The lowest BCUT2D eigenvalue weighted by molar-refractivity contribution is -0.126. The molecule has 0 spiro atoms. The van der Waals surface area contributed by atoms with Gasteiger partial charge in [-0.15, -0.1) is 0 Å². The second-order valence-corrected chi connectivity index (χ2v) is 6.29. The van der Waals surface area contributed by atoms with E-state index in [1.807, 2.05) is 31.2 Å². The average molecular weight is 325 g/mol. The molecule has 0 bridgehead atoms. The van der Waals surface area contributed by atoms with Gasteiger partial charge in [0.15, 0.2) is 0 Å². The molecule has 24 heavy (non-hydrogen) atoms. The first-order valence-corrected chi connectivity index (χ1v) is 8.60. The molecule has 1 aliphatic rings. The lowest BCUT2D eigenvalue weighted by Crippen LogP contribution is -2.45. The van der Waals surface area contributed by atoms with Crippen LogP contribution < -0.4 is 5.32 Å². The fourth-order valence-corrected chi connectivity index (χ4v) is 3.23. The number of benzene rings is 1. The highest BCUT2D eigenvalue weighted by molar-refractivity contribution is 6.06. The van der Waals surface area contributed by atoms with Crippen LogP contribution in [0.3, 0.4) is 0 Å². The molecule has 126 valence electrons.